The number of hydrogen-bond donors (Lipinski definition) is 3. The van der Waals surface area contributed by atoms with Crippen LogP contribution in [0.5, 0.6) is 0 Å². The highest BCUT2D eigenvalue weighted by molar-refractivity contribution is 8.01. The first-order valence-electron chi connectivity index (χ1n) is 13.2. The summed E-state index contributed by atoms with van der Waals surface area (Å²) < 4.78 is 4.56. The van der Waals surface area contributed by atoms with Gasteiger partial charge in [-0.05, 0) is 58.8 Å². The molecule has 0 bridgehead atoms. The lowest BCUT2D eigenvalue weighted by atomic mass is 9.89. The van der Waals surface area contributed by atoms with Gasteiger partial charge in [0.2, 0.25) is 11.8 Å². The Hall–Kier alpha value is -1.48. The van der Waals surface area contributed by atoms with E-state index in [1.807, 2.05) is 13.8 Å². The molecule has 0 radical (unpaired) electrons. The van der Waals surface area contributed by atoms with Crippen LogP contribution in [0.25, 0.3) is 0 Å². The van der Waals surface area contributed by atoms with Gasteiger partial charge in [-0.2, -0.15) is 0 Å². The number of nitrogens with zero attached hydrogens (tertiary/aromatic N) is 1. The SMILES string of the molecule is CCOC(=O)N[C@@H](C(=O)N1C[C@H](N)C[C@H]1C(=O)NCC1CCCCC1)C(C)(C)SC1CCCC1. The minimum Gasteiger partial charge on any atom is -0.450 e. The van der Waals surface area contributed by atoms with Crippen LogP contribution in [0.2, 0.25) is 0 Å². The largest absolute Gasteiger partial charge is 0.450 e. The molecule has 0 aromatic heterocycles. The lowest BCUT2D eigenvalue weighted by Crippen LogP contribution is -2.60. The average molecular weight is 497 g/mol. The van der Waals surface area contributed by atoms with Crippen LogP contribution >= 0.6 is 11.8 Å². The minimum atomic E-state index is -0.809. The Kier molecular flexibility index (Phi) is 9.95. The van der Waals surface area contributed by atoms with E-state index in [1.165, 1.54) is 32.1 Å². The Balaban J connectivity index is 1.72. The van der Waals surface area contributed by atoms with Crippen LogP contribution in [0.3, 0.4) is 0 Å². The fourth-order valence-electron chi connectivity index (χ4n) is 5.61. The van der Waals surface area contributed by atoms with Crippen molar-refractivity contribution >= 4 is 29.7 Å². The van der Waals surface area contributed by atoms with Gasteiger partial charge in [-0.15, -0.1) is 11.8 Å². The monoisotopic (exact) mass is 496 g/mol. The second-order valence-corrected chi connectivity index (χ2v) is 12.6. The van der Waals surface area contributed by atoms with Crippen LogP contribution in [-0.4, -0.2) is 70.6 Å². The van der Waals surface area contributed by atoms with Crippen molar-refractivity contribution in [2.45, 2.75) is 113 Å². The van der Waals surface area contributed by atoms with Crippen molar-refractivity contribution in [3.05, 3.63) is 0 Å². The molecule has 0 aromatic carbocycles. The molecule has 3 atom stereocenters. The number of hydrogen-bond acceptors (Lipinski definition) is 6. The summed E-state index contributed by atoms with van der Waals surface area (Å²) in [6, 6.07) is -1.68. The zero-order valence-electron chi connectivity index (χ0n) is 21.1. The van der Waals surface area contributed by atoms with Gasteiger partial charge in [0, 0.05) is 29.1 Å². The van der Waals surface area contributed by atoms with Gasteiger partial charge in [0.05, 0.1) is 6.61 Å². The van der Waals surface area contributed by atoms with Gasteiger partial charge in [-0.25, -0.2) is 4.79 Å². The number of carbonyl (C=O) groups excluding carboxylic acids is 3. The lowest BCUT2D eigenvalue weighted by molar-refractivity contribution is -0.140. The van der Waals surface area contributed by atoms with E-state index in [1.54, 1.807) is 23.6 Å². The number of carbonyl (C=O) groups is 3. The average Bonchev–Trinajstić information content (AvgIpc) is 3.45. The molecule has 2 saturated carbocycles. The van der Waals surface area contributed by atoms with Crippen molar-refractivity contribution in [1.82, 2.24) is 15.5 Å². The van der Waals surface area contributed by atoms with Gasteiger partial charge in [0.25, 0.3) is 0 Å². The van der Waals surface area contributed by atoms with E-state index in [4.69, 9.17) is 10.5 Å². The van der Waals surface area contributed by atoms with Crippen LogP contribution in [0.15, 0.2) is 0 Å². The van der Waals surface area contributed by atoms with Crippen LogP contribution < -0.4 is 16.4 Å². The maximum Gasteiger partial charge on any atom is 0.407 e. The highest BCUT2D eigenvalue weighted by atomic mass is 32.2. The van der Waals surface area contributed by atoms with Gasteiger partial charge >= 0.3 is 6.09 Å². The summed E-state index contributed by atoms with van der Waals surface area (Å²) in [5.74, 6) is 0.120. The van der Waals surface area contributed by atoms with E-state index in [0.29, 0.717) is 30.7 Å². The third-order valence-electron chi connectivity index (χ3n) is 7.46. The Morgan fingerprint density at radius 3 is 2.38 bits per heavy atom. The topological polar surface area (TPSA) is 114 Å². The Bertz CT molecular complexity index is 707. The summed E-state index contributed by atoms with van der Waals surface area (Å²) in [6.45, 7) is 6.92. The van der Waals surface area contributed by atoms with Crippen molar-refractivity contribution in [3.63, 3.8) is 0 Å². The third kappa shape index (κ3) is 7.26. The molecule has 1 saturated heterocycles. The summed E-state index contributed by atoms with van der Waals surface area (Å²) in [7, 11) is 0. The third-order valence-corrected chi connectivity index (χ3v) is 9.11. The number of nitrogens with one attached hydrogen (secondary N) is 2. The molecule has 3 fully saturated rings. The standard InChI is InChI=1S/C25H44N4O4S/c1-4-33-24(32)28-21(25(2,3)34-19-12-8-9-13-19)23(31)29-16-18(26)14-20(29)22(30)27-15-17-10-6-5-7-11-17/h17-21H,4-16,26H2,1-3H3,(H,27,30)(H,28,32)/t18-,20+,21+/m1/s1. The minimum absolute atomic E-state index is 0.136. The van der Waals surface area contributed by atoms with Crippen LogP contribution in [0.1, 0.15) is 85.0 Å². The molecule has 4 N–H and O–H groups in total. The number of amides is 3. The van der Waals surface area contributed by atoms with E-state index in [-0.39, 0.29) is 24.5 Å². The second-order valence-electron chi connectivity index (χ2n) is 10.7. The van der Waals surface area contributed by atoms with E-state index in [0.717, 1.165) is 25.7 Å². The van der Waals surface area contributed by atoms with Crippen molar-refractivity contribution in [2.75, 3.05) is 19.7 Å². The first-order valence-corrected chi connectivity index (χ1v) is 14.0. The van der Waals surface area contributed by atoms with Crippen molar-refractivity contribution in [2.24, 2.45) is 11.7 Å². The number of alkyl carbamates (subject to hydrolysis) is 1. The molecule has 9 heteroatoms. The number of rotatable bonds is 9. The van der Waals surface area contributed by atoms with E-state index >= 15 is 0 Å². The first kappa shape index (κ1) is 27.1. The molecule has 0 spiro atoms. The molecule has 1 heterocycles. The fraction of sp³-hybridized carbons (Fsp3) is 0.880. The molecule has 2 aliphatic carbocycles. The van der Waals surface area contributed by atoms with Crippen LogP contribution in [0, 0.1) is 5.92 Å². The number of likely N-dealkylation sites (tertiary alicyclic amines) is 1. The summed E-state index contributed by atoms with van der Waals surface area (Å²) >= 11 is 1.75. The maximum absolute atomic E-state index is 13.9. The molecule has 1 aliphatic heterocycles. The Morgan fingerprint density at radius 1 is 1.09 bits per heavy atom. The van der Waals surface area contributed by atoms with Gasteiger partial charge in [0.15, 0.2) is 0 Å². The number of nitrogens with two attached hydrogens (primary N) is 1. The van der Waals surface area contributed by atoms with Crippen molar-refractivity contribution in [3.8, 4) is 0 Å². The van der Waals surface area contributed by atoms with Gasteiger partial charge in [0.1, 0.15) is 12.1 Å². The molecule has 0 aromatic rings. The number of thioether (sulfide) groups is 1. The summed E-state index contributed by atoms with van der Waals surface area (Å²) in [4.78, 5) is 41.0. The fourth-order valence-corrected chi connectivity index (χ4v) is 7.33. The quantitative estimate of drug-likeness (QED) is 0.452. The summed E-state index contributed by atoms with van der Waals surface area (Å²) in [5, 5.41) is 6.38. The normalized spacial score (nSPS) is 25.2. The predicted molar refractivity (Wildman–Crippen MR) is 136 cm³/mol. The number of ether oxygens (including phenoxy) is 1. The van der Waals surface area contributed by atoms with Crippen molar-refractivity contribution in [1.29, 1.82) is 0 Å². The molecule has 3 rings (SSSR count). The highest BCUT2D eigenvalue weighted by Gasteiger charge is 2.46. The smallest absolute Gasteiger partial charge is 0.407 e. The van der Waals surface area contributed by atoms with Crippen LogP contribution in [-0.2, 0) is 14.3 Å². The zero-order chi connectivity index (χ0) is 24.7. The lowest BCUT2D eigenvalue weighted by Gasteiger charge is -2.38. The maximum atomic E-state index is 13.9. The van der Waals surface area contributed by atoms with Gasteiger partial charge in [-0.3, -0.25) is 9.59 Å². The predicted octanol–water partition coefficient (Wildman–Crippen LogP) is 3.18. The molecule has 0 unspecified atom stereocenters. The van der Waals surface area contributed by atoms with E-state index in [2.05, 4.69) is 10.6 Å². The Morgan fingerprint density at radius 2 is 1.74 bits per heavy atom. The Labute approximate surface area is 208 Å². The van der Waals surface area contributed by atoms with Gasteiger partial charge < -0.3 is 26.0 Å². The molecular weight excluding hydrogens is 452 g/mol. The molecule has 34 heavy (non-hydrogen) atoms. The van der Waals surface area contributed by atoms with Gasteiger partial charge in [-0.1, -0.05) is 32.1 Å². The van der Waals surface area contributed by atoms with Crippen LogP contribution in [0.4, 0.5) is 4.79 Å². The zero-order valence-corrected chi connectivity index (χ0v) is 22.0. The summed E-state index contributed by atoms with van der Waals surface area (Å²) in [6.07, 6.45) is 10.5. The van der Waals surface area contributed by atoms with E-state index < -0.39 is 22.9 Å². The van der Waals surface area contributed by atoms with E-state index in [9.17, 15) is 14.4 Å². The highest BCUT2D eigenvalue weighted by Crippen LogP contribution is 2.40. The molecule has 3 aliphatic rings. The first-order chi connectivity index (χ1) is 16.2. The van der Waals surface area contributed by atoms with Crippen molar-refractivity contribution < 1.29 is 19.1 Å². The molecule has 194 valence electrons. The molecule has 3 amide bonds. The molecular formula is C25H44N4O4S. The molecule has 8 nitrogen and oxygen atoms in total. The summed E-state index contributed by atoms with van der Waals surface area (Å²) in [5.41, 5.74) is 6.23. The second kappa shape index (κ2) is 12.5.